The first-order valence-electron chi connectivity index (χ1n) is 9.10. The smallest absolute Gasteiger partial charge is 0.234 e. The van der Waals surface area contributed by atoms with Crippen LogP contribution in [0.3, 0.4) is 0 Å². The highest BCUT2D eigenvalue weighted by Gasteiger charge is 2.32. The van der Waals surface area contributed by atoms with Crippen LogP contribution in [0, 0.1) is 5.82 Å². The van der Waals surface area contributed by atoms with Gasteiger partial charge in [0.05, 0.1) is 5.75 Å². The molecule has 3 aromatic rings. The zero-order valence-electron chi connectivity index (χ0n) is 15.5. The van der Waals surface area contributed by atoms with E-state index in [0.717, 1.165) is 20.8 Å². The largest absolute Gasteiger partial charge is 0.356 e. The molecule has 1 unspecified atom stereocenters. The zero-order chi connectivity index (χ0) is 20.1. The van der Waals surface area contributed by atoms with Crippen LogP contribution in [0.15, 0.2) is 58.9 Å². The minimum atomic E-state index is -0.268. The molecule has 1 atom stereocenters. The number of hydrogen-bond donors (Lipinski definition) is 1. The van der Waals surface area contributed by atoms with Crippen LogP contribution in [0.4, 0.5) is 9.52 Å². The average Bonchev–Trinajstić information content (AvgIpc) is 3.41. The van der Waals surface area contributed by atoms with E-state index in [1.807, 2.05) is 30.3 Å². The standard InChI is InChI=1S/C20H19FN4OS3/c21-16-9-5-4-8-15(16)18-25(10-11-27-18)17(26)13-28-20-24-23-19(29-20)22-12-14-6-2-1-3-7-14/h1-9,18H,10-13H2,(H,22,23). The van der Waals surface area contributed by atoms with E-state index in [2.05, 4.69) is 15.5 Å². The highest BCUT2D eigenvalue weighted by Crippen LogP contribution is 2.39. The summed E-state index contributed by atoms with van der Waals surface area (Å²) in [5.41, 5.74) is 1.73. The summed E-state index contributed by atoms with van der Waals surface area (Å²) in [4.78, 5) is 14.5. The van der Waals surface area contributed by atoms with Crippen molar-refractivity contribution in [3.63, 3.8) is 0 Å². The fraction of sp³-hybridized carbons (Fsp3) is 0.250. The lowest BCUT2D eigenvalue weighted by atomic mass is 10.2. The molecule has 1 aliphatic heterocycles. The van der Waals surface area contributed by atoms with Crippen molar-refractivity contribution in [1.29, 1.82) is 0 Å². The summed E-state index contributed by atoms with van der Waals surface area (Å²) in [5.74, 6) is 0.790. The van der Waals surface area contributed by atoms with Gasteiger partial charge in [0, 0.05) is 24.4 Å². The molecule has 1 amide bonds. The van der Waals surface area contributed by atoms with Gasteiger partial charge >= 0.3 is 0 Å². The molecule has 1 aromatic heterocycles. The van der Waals surface area contributed by atoms with Gasteiger partial charge in [0.25, 0.3) is 0 Å². The van der Waals surface area contributed by atoms with Crippen LogP contribution in [0.5, 0.6) is 0 Å². The van der Waals surface area contributed by atoms with E-state index in [1.54, 1.807) is 34.9 Å². The van der Waals surface area contributed by atoms with Gasteiger partial charge in [0.1, 0.15) is 11.2 Å². The van der Waals surface area contributed by atoms with Crippen molar-refractivity contribution in [2.75, 3.05) is 23.4 Å². The van der Waals surface area contributed by atoms with E-state index in [0.29, 0.717) is 18.7 Å². The third-order valence-corrected chi connectivity index (χ3v) is 7.64. The van der Waals surface area contributed by atoms with Gasteiger partial charge in [-0.25, -0.2) is 4.39 Å². The average molecular weight is 447 g/mol. The molecule has 0 bridgehead atoms. The van der Waals surface area contributed by atoms with Crippen molar-refractivity contribution in [3.8, 4) is 0 Å². The number of anilines is 1. The third kappa shape index (κ3) is 5.09. The van der Waals surface area contributed by atoms with E-state index >= 15 is 0 Å². The molecular formula is C20H19FN4OS3. The molecule has 0 radical (unpaired) electrons. The predicted octanol–water partition coefficient (Wildman–Crippen LogP) is 4.66. The highest BCUT2D eigenvalue weighted by molar-refractivity contribution is 8.01. The van der Waals surface area contributed by atoms with Crippen LogP contribution in [-0.2, 0) is 11.3 Å². The van der Waals surface area contributed by atoms with E-state index in [9.17, 15) is 9.18 Å². The number of hydrogen-bond acceptors (Lipinski definition) is 7. The number of nitrogens with one attached hydrogen (secondary N) is 1. The zero-order valence-corrected chi connectivity index (χ0v) is 17.9. The molecule has 2 aromatic carbocycles. The number of thioether (sulfide) groups is 2. The maximum Gasteiger partial charge on any atom is 0.234 e. The normalized spacial score (nSPS) is 16.2. The Morgan fingerprint density at radius 3 is 2.79 bits per heavy atom. The number of nitrogens with zero attached hydrogens (tertiary/aromatic N) is 3. The summed E-state index contributed by atoms with van der Waals surface area (Å²) >= 11 is 4.40. The highest BCUT2D eigenvalue weighted by atomic mass is 32.2. The monoisotopic (exact) mass is 446 g/mol. The van der Waals surface area contributed by atoms with E-state index in [1.165, 1.54) is 29.2 Å². The molecule has 9 heteroatoms. The first kappa shape index (κ1) is 20.2. The minimum absolute atomic E-state index is 0.0118. The van der Waals surface area contributed by atoms with Crippen LogP contribution in [0.2, 0.25) is 0 Å². The van der Waals surface area contributed by atoms with Gasteiger partial charge in [-0.1, -0.05) is 71.6 Å². The van der Waals surface area contributed by atoms with E-state index in [-0.39, 0.29) is 22.9 Å². The molecule has 29 heavy (non-hydrogen) atoms. The molecule has 0 aliphatic carbocycles. The molecule has 150 valence electrons. The van der Waals surface area contributed by atoms with Crippen molar-refractivity contribution >= 4 is 45.9 Å². The Labute approximate surface area is 181 Å². The molecule has 5 nitrogen and oxygen atoms in total. The molecule has 1 aliphatic rings. The van der Waals surface area contributed by atoms with Gasteiger partial charge in [-0.3, -0.25) is 4.79 Å². The SMILES string of the molecule is O=C(CSc1nnc(NCc2ccccc2)s1)N1CCSC1c1ccccc1F. The quantitative estimate of drug-likeness (QED) is 0.533. The first-order valence-corrected chi connectivity index (χ1v) is 12.0. The molecule has 2 heterocycles. The van der Waals surface area contributed by atoms with Gasteiger partial charge in [-0.15, -0.1) is 22.0 Å². The van der Waals surface area contributed by atoms with Crippen molar-refractivity contribution in [1.82, 2.24) is 15.1 Å². The molecule has 4 rings (SSSR count). The van der Waals surface area contributed by atoms with Gasteiger partial charge in [0.15, 0.2) is 4.34 Å². The Morgan fingerprint density at radius 2 is 1.97 bits per heavy atom. The number of benzene rings is 2. The van der Waals surface area contributed by atoms with Crippen molar-refractivity contribution in [2.45, 2.75) is 16.3 Å². The minimum Gasteiger partial charge on any atom is -0.356 e. The summed E-state index contributed by atoms with van der Waals surface area (Å²) in [6.07, 6.45) is 0. The van der Waals surface area contributed by atoms with Crippen LogP contribution >= 0.6 is 34.9 Å². The second-order valence-electron chi connectivity index (χ2n) is 6.33. The third-order valence-electron chi connectivity index (χ3n) is 4.39. The topological polar surface area (TPSA) is 58.1 Å². The Morgan fingerprint density at radius 1 is 1.17 bits per heavy atom. The molecule has 1 saturated heterocycles. The molecule has 1 N–H and O–H groups in total. The first-order chi connectivity index (χ1) is 14.2. The van der Waals surface area contributed by atoms with Crippen LogP contribution in [-0.4, -0.2) is 39.1 Å². The van der Waals surface area contributed by atoms with Crippen LogP contribution in [0.1, 0.15) is 16.5 Å². The van der Waals surface area contributed by atoms with Gasteiger partial charge in [0.2, 0.25) is 11.0 Å². The number of halogens is 1. The van der Waals surface area contributed by atoms with Crippen molar-refractivity contribution in [3.05, 3.63) is 71.5 Å². The second-order valence-corrected chi connectivity index (χ2v) is 9.72. The van der Waals surface area contributed by atoms with Gasteiger partial charge < -0.3 is 10.2 Å². The summed E-state index contributed by atoms with van der Waals surface area (Å²) < 4.78 is 14.9. The number of amides is 1. The maximum atomic E-state index is 14.1. The van der Waals surface area contributed by atoms with Crippen LogP contribution < -0.4 is 5.32 Å². The molecular weight excluding hydrogens is 427 g/mol. The fourth-order valence-electron chi connectivity index (χ4n) is 2.98. The van der Waals surface area contributed by atoms with Gasteiger partial charge in [-0.05, 0) is 11.6 Å². The Kier molecular flexibility index (Phi) is 6.68. The number of aromatic nitrogens is 2. The lowest BCUT2D eigenvalue weighted by Gasteiger charge is -2.24. The predicted molar refractivity (Wildman–Crippen MR) is 118 cm³/mol. The Bertz CT molecular complexity index is 969. The second kappa shape index (κ2) is 9.60. The van der Waals surface area contributed by atoms with Crippen molar-refractivity contribution < 1.29 is 9.18 Å². The van der Waals surface area contributed by atoms with E-state index in [4.69, 9.17) is 0 Å². The summed E-state index contributed by atoms with van der Waals surface area (Å²) in [6.45, 7) is 1.30. The molecule has 0 spiro atoms. The number of carbonyl (C=O) groups excluding carboxylic acids is 1. The fourth-order valence-corrected chi connectivity index (χ4v) is 5.91. The summed E-state index contributed by atoms with van der Waals surface area (Å²) in [7, 11) is 0. The number of rotatable bonds is 7. The van der Waals surface area contributed by atoms with Crippen LogP contribution in [0.25, 0.3) is 0 Å². The van der Waals surface area contributed by atoms with E-state index < -0.39 is 0 Å². The molecule has 0 saturated carbocycles. The number of carbonyl (C=O) groups is 1. The summed E-state index contributed by atoms with van der Waals surface area (Å²) in [5, 5.41) is 12.0. The van der Waals surface area contributed by atoms with Crippen molar-refractivity contribution in [2.24, 2.45) is 0 Å². The molecule has 1 fully saturated rings. The lowest BCUT2D eigenvalue weighted by Crippen LogP contribution is -2.32. The summed E-state index contributed by atoms with van der Waals surface area (Å²) in [6, 6.07) is 16.7. The lowest BCUT2D eigenvalue weighted by molar-refractivity contribution is -0.128. The Balaban J connectivity index is 1.31. The maximum absolute atomic E-state index is 14.1. The van der Waals surface area contributed by atoms with Gasteiger partial charge in [-0.2, -0.15) is 0 Å². The Hall–Kier alpha value is -2.10.